The SMILES string of the molecule is COC(=O)c1ccc(Cl)cc1NC(=O)C1(N)CCCCC1. The van der Waals surface area contributed by atoms with Crippen molar-refractivity contribution in [3.8, 4) is 0 Å². The molecule has 3 N–H and O–H groups in total. The van der Waals surface area contributed by atoms with Gasteiger partial charge in [0.2, 0.25) is 5.91 Å². The van der Waals surface area contributed by atoms with Crippen LogP contribution < -0.4 is 11.1 Å². The van der Waals surface area contributed by atoms with Gasteiger partial charge < -0.3 is 15.8 Å². The fourth-order valence-electron chi connectivity index (χ4n) is 2.56. The smallest absolute Gasteiger partial charge is 0.339 e. The maximum absolute atomic E-state index is 12.4. The number of carbonyl (C=O) groups is 2. The molecule has 1 aliphatic carbocycles. The van der Waals surface area contributed by atoms with Crippen LogP contribution in [0.4, 0.5) is 5.69 Å². The van der Waals surface area contributed by atoms with Gasteiger partial charge in [-0.05, 0) is 31.0 Å². The lowest BCUT2D eigenvalue weighted by Gasteiger charge is -2.32. The van der Waals surface area contributed by atoms with Gasteiger partial charge in [-0.2, -0.15) is 0 Å². The summed E-state index contributed by atoms with van der Waals surface area (Å²) < 4.78 is 4.70. The topological polar surface area (TPSA) is 81.4 Å². The Morgan fingerprint density at radius 1 is 1.29 bits per heavy atom. The van der Waals surface area contributed by atoms with Crippen LogP contribution in [0.2, 0.25) is 5.02 Å². The van der Waals surface area contributed by atoms with Gasteiger partial charge in [-0.1, -0.05) is 30.9 Å². The molecule has 0 radical (unpaired) electrons. The molecule has 0 aliphatic heterocycles. The zero-order valence-electron chi connectivity index (χ0n) is 11.9. The monoisotopic (exact) mass is 310 g/mol. The molecular formula is C15H19ClN2O3. The average molecular weight is 311 g/mol. The van der Waals surface area contributed by atoms with Crippen LogP contribution in [0.3, 0.4) is 0 Å². The van der Waals surface area contributed by atoms with Gasteiger partial charge in [-0.3, -0.25) is 4.79 Å². The second-order valence-electron chi connectivity index (χ2n) is 5.35. The van der Waals surface area contributed by atoms with E-state index >= 15 is 0 Å². The van der Waals surface area contributed by atoms with E-state index in [1.165, 1.54) is 19.2 Å². The summed E-state index contributed by atoms with van der Waals surface area (Å²) in [7, 11) is 1.29. The van der Waals surface area contributed by atoms with Gasteiger partial charge in [0, 0.05) is 5.02 Å². The lowest BCUT2D eigenvalue weighted by molar-refractivity contribution is -0.122. The zero-order chi connectivity index (χ0) is 15.5. The standard InChI is InChI=1S/C15H19ClN2O3/c1-21-13(19)11-6-5-10(16)9-12(11)18-14(20)15(17)7-3-2-4-8-15/h5-6,9H,2-4,7-8,17H2,1H3,(H,18,20). The van der Waals surface area contributed by atoms with Crippen LogP contribution in [0.5, 0.6) is 0 Å². The van der Waals surface area contributed by atoms with E-state index in [1.807, 2.05) is 0 Å². The molecule has 1 aromatic carbocycles. The first kappa shape index (κ1) is 15.8. The zero-order valence-corrected chi connectivity index (χ0v) is 12.7. The van der Waals surface area contributed by atoms with Crippen LogP contribution in [0.1, 0.15) is 42.5 Å². The normalized spacial score (nSPS) is 17.1. The van der Waals surface area contributed by atoms with Crippen molar-refractivity contribution in [2.24, 2.45) is 5.73 Å². The average Bonchev–Trinajstić information content (AvgIpc) is 2.47. The minimum atomic E-state index is -0.881. The molecule has 0 atom stereocenters. The van der Waals surface area contributed by atoms with Gasteiger partial charge in [0.15, 0.2) is 0 Å². The van der Waals surface area contributed by atoms with Crippen molar-refractivity contribution >= 4 is 29.2 Å². The molecule has 5 nitrogen and oxygen atoms in total. The molecule has 0 heterocycles. The lowest BCUT2D eigenvalue weighted by Crippen LogP contribution is -2.52. The van der Waals surface area contributed by atoms with Gasteiger partial charge in [-0.15, -0.1) is 0 Å². The number of amides is 1. The molecule has 114 valence electrons. The number of ether oxygens (including phenoxy) is 1. The predicted molar refractivity (Wildman–Crippen MR) is 81.4 cm³/mol. The number of nitrogens with one attached hydrogen (secondary N) is 1. The molecule has 0 saturated heterocycles. The fourth-order valence-corrected chi connectivity index (χ4v) is 2.74. The van der Waals surface area contributed by atoms with E-state index in [9.17, 15) is 9.59 Å². The fraction of sp³-hybridized carbons (Fsp3) is 0.467. The minimum Gasteiger partial charge on any atom is -0.465 e. The summed E-state index contributed by atoms with van der Waals surface area (Å²) in [6, 6.07) is 4.62. The van der Waals surface area contributed by atoms with Crippen molar-refractivity contribution in [3.63, 3.8) is 0 Å². The molecule has 0 unspecified atom stereocenters. The first-order valence-electron chi connectivity index (χ1n) is 6.94. The summed E-state index contributed by atoms with van der Waals surface area (Å²) in [5.74, 6) is -0.814. The van der Waals surface area contributed by atoms with E-state index in [0.717, 1.165) is 19.3 Å². The van der Waals surface area contributed by atoms with E-state index in [0.29, 0.717) is 23.6 Å². The molecule has 1 saturated carbocycles. The van der Waals surface area contributed by atoms with E-state index in [1.54, 1.807) is 6.07 Å². The second kappa shape index (κ2) is 6.45. The molecule has 0 bridgehead atoms. The molecular weight excluding hydrogens is 292 g/mol. The maximum Gasteiger partial charge on any atom is 0.339 e. The molecule has 2 rings (SSSR count). The number of carbonyl (C=O) groups excluding carboxylic acids is 2. The van der Waals surface area contributed by atoms with E-state index in [2.05, 4.69) is 5.32 Å². The van der Waals surface area contributed by atoms with Crippen LogP contribution in [-0.4, -0.2) is 24.5 Å². The highest BCUT2D eigenvalue weighted by Crippen LogP contribution is 2.29. The number of esters is 1. The predicted octanol–water partition coefficient (Wildman–Crippen LogP) is 2.73. The van der Waals surface area contributed by atoms with E-state index in [4.69, 9.17) is 22.1 Å². The largest absolute Gasteiger partial charge is 0.465 e. The second-order valence-corrected chi connectivity index (χ2v) is 5.79. The van der Waals surface area contributed by atoms with Gasteiger partial charge in [0.05, 0.1) is 23.9 Å². The third-order valence-corrected chi connectivity index (χ3v) is 4.07. The summed E-state index contributed by atoms with van der Waals surface area (Å²) in [4.78, 5) is 24.2. The van der Waals surface area contributed by atoms with Gasteiger partial charge >= 0.3 is 5.97 Å². The third-order valence-electron chi connectivity index (χ3n) is 3.83. The first-order chi connectivity index (χ1) is 9.96. The van der Waals surface area contributed by atoms with Crippen molar-refractivity contribution in [2.45, 2.75) is 37.6 Å². The number of hydrogen-bond donors (Lipinski definition) is 2. The van der Waals surface area contributed by atoms with Gasteiger partial charge in [0.25, 0.3) is 0 Å². The van der Waals surface area contributed by atoms with Crippen molar-refractivity contribution < 1.29 is 14.3 Å². The van der Waals surface area contributed by atoms with Crippen molar-refractivity contribution in [1.29, 1.82) is 0 Å². The van der Waals surface area contributed by atoms with Crippen LogP contribution in [0.25, 0.3) is 0 Å². The van der Waals surface area contributed by atoms with Crippen molar-refractivity contribution in [1.82, 2.24) is 0 Å². The number of methoxy groups -OCH3 is 1. The molecule has 21 heavy (non-hydrogen) atoms. The molecule has 0 aromatic heterocycles. The Hall–Kier alpha value is -1.59. The highest BCUT2D eigenvalue weighted by Gasteiger charge is 2.35. The summed E-state index contributed by atoms with van der Waals surface area (Å²) in [6.45, 7) is 0. The van der Waals surface area contributed by atoms with Gasteiger partial charge in [0.1, 0.15) is 0 Å². The molecule has 6 heteroatoms. The Morgan fingerprint density at radius 3 is 2.57 bits per heavy atom. The first-order valence-corrected chi connectivity index (χ1v) is 7.32. The Bertz CT molecular complexity index is 554. The van der Waals surface area contributed by atoms with Crippen LogP contribution in [-0.2, 0) is 9.53 Å². The van der Waals surface area contributed by atoms with Crippen LogP contribution >= 0.6 is 11.6 Å². The molecule has 0 spiro atoms. The quantitative estimate of drug-likeness (QED) is 0.841. The summed E-state index contributed by atoms with van der Waals surface area (Å²) in [5.41, 5.74) is 5.89. The highest BCUT2D eigenvalue weighted by molar-refractivity contribution is 6.31. The molecule has 1 amide bonds. The number of benzene rings is 1. The third kappa shape index (κ3) is 3.54. The van der Waals surface area contributed by atoms with Crippen LogP contribution in [0.15, 0.2) is 18.2 Å². The Morgan fingerprint density at radius 2 is 1.95 bits per heavy atom. The molecule has 1 fully saturated rings. The Labute approximate surface area is 128 Å². The summed E-state index contributed by atoms with van der Waals surface area (Å²) in [5, 5.41) is 3.15. The highest BCUT2D eigenvalue weighted by atomic mass is 35.5. The number of rotatable bonds is 3. The van der Waals surface area contributed by atoms with E-state index < -0.39 is 11.5 Å². The number of nitrogens with two attached hydrogens (primary N) is 1. The Kier molecular flexibility index (Phi) is 4.85. The maximum atomic E-state index is 12.4. The summed E-state index contributed by atoms with van der Waals surface area (Å²) in [6.07, 6.45) is 4.25. The molecule has 1 aliphatic rings. The van der Waals surface area contributed by atoms with Crippen LogP contribution in [0, 0.1) is 0 Å². The number of halogens is 1. The van der Waals surface area contributed by atoms with Crippen molar-refractivity contribution in [2.75, 3.05) is 12.4 Å². The number of hydrogen-bond acceptors (Lipinski definition) is 4. The van der Waals surface area contributed by atoms with Gasteiger partial charge in [-0.25, -0.2) is 4.79 Å². The molecule has 1 aromatic rings. The van der Waals surface area contributed by atoms with E-state index in [-0.39, 0.29) is 11.5 Å². The Balaban J connectivity index is 2.24. The minimum absolute atomic E-state index is 0.259. The number of anilines is 1. The van der Waals surface area contributed by atoms with Crippen molar-refractivity contribution in [3.05, 3.63) is 28.8 Å². The summed E-state index contributed by atoms with van der Waals surface area (Å²) >= 11 is 5.93. The lowest BCUT2D eigenvalue weighted by atomic mass is 9.82.